The predicted molar refractivity (Wildman–Crippen MR) is 94.3 cm³/mol. The average molecular weight is 310 g/mol. The van der Waals surface area contributed by atoms with Crippen LogP contribution in [0.2, 0.25) is 18.1 Å². The molecule has 2 nitrogen and oxygen atoms in total. The monoisotopic (exact) mass is 309 g/mol. The summed E-state index contributed by atoms with van der Waals surface area (Å²) in [5.74, 6) is 0. The zero-order chi connectivity index (χ0) is 15.9. The van der Waals surface area contributed by atoms with Crippen LogP contribution in [0.1, 0.15) is 59.8 Å². The highest BCUT2D eigenvalue weighted by molar-refractivity contribution is 6.74. The summed E-state index contributed by atoms with van der Waals surface area (Å²) in [4.78, 5) is 2.72. The van der Waals surface area contributed by atoms with E-state index in [4.69, 9.17) is 4.43 Å². The summed E-state index contributed by atoms with van der Waals surface area (Å²) in [6, 6.07) is 1.26. The molecule has 0 aromatic carbocycles. The Morgan fingerprint density at radius 2 is 2.00 bits per heavy atom. The van der Waals surface area contributed by atoms with Gasteiger partial charge in [-0.3, -0.25) is 4.90 Å². The van der Waals surface area contributed by atoms with Crippen molar-refractivity contribution in [3.8, 4) is 0 Å². The van der Waals surface area contributed by atoms with Crippen LogP contribution in [0.15, 0.2) is 12.7 Å². The van der Waals surface area contributed by atoms with Gasteiger partial charge in [-0.2, -0.15) is 0 Å². The fraction of sp³-hybridized carbons (Fsp3) is 0.889. The third kappa shape index (κ3) is 3.15. The van der Waals surface area contributed by atoms with Crippen molar-refractivity contribution in [2.75, 3.05) is 6.54 Å². The first kappa shape index (κ1) is 17.2. The highest BCUT2D eigenvalue weighted by Gasteiger charge is 2.55. The lowest BCUT2D eigenvalue weighted by molar-refractivity contribution is 0.00293. The van der Waals surface area contributed by atoms with E-state index in [1.54, 1.807) is 0 Å². The lowest BCUT2D eigenvalue weighted by atomic mass is 9.86. The zero-order valence-electron chi connectivity index (χ0n) is 15.0. The second-order valence-electron chi connectivity index (χ2n) is 8.72. The van der Waals surface area contributed by atoms with E-state index in [1.165, 1.54) is 32.2 Å². The van der Waals surface area contributed by atoms with Gasteiger partial charge in [-0.05, 0) is 57.3 Å². The molecule has 0 amide bonds. The van der Waals surface area contributed by atoms with E-state index >= 15 is 0 Å². The summed E-state index contributed by atoms with van der Waals surface area (Å²) in [5.41, 5.74) is 0.0184. The van der Waals surface area contributed by atoms with Crippen LogP contribution in [0, 0.1) is 0 Å². The molecular formula is C18H35NOSi. The molecule has 0 radical (unpaired) electrons. The molecule has 3 heteroatoms. The van der Waals surface area contributed by atoms with E-state index in [0.29, 0.717) is 12.1 Å². The van der Waals surface area contributed by atoms with E-state index in [1.807, 2.05) is 0 Å². The van der Waals surface area contributed by atoms with E-state index in [-0.39, 0.29) is 10.6 Å². The van der Waals surface area contributed by atoms with Crippen molar-refractivity contribution in [1.82, 2.24) is 4.90 Å². The number of hydrogen-bond acceptors (Lipinski definition) is 2. The van der Waals surface area contributed by atoms with E-state index in [0.717, 1.165) is 6.42 Å². The Balaban J connectivity index is 2.31. The molecule has 3 unspecified atom stereocenters. The molecule has 2 rings (SSSR count). The minimum atomic E-state index is -1.76. The molecule has 2 aliphatic rings. The summed E-state index contributed by atoms with van der Waals surface area (Å²) in [5, 5.41) is 0.270. The Hall–Kier alpha value is -0.123. The zero-order valence-corrected chi connectivity index (χ0v) is 16.0. The van der Waals surface area contributed by atoms with Crippen molar-refractivity contribution in [1.29, 1.82) is 0 Å². The van der Waals surface area contributed by atoms with Crippen molar-refractivity contribution in [2.24, 2.45) is 0 Å². The van der Waals surface area contributed by atoms with E-state index in [2.05, 4.69) is 58.3 Å². The lowest BCUT2D eigenvalue weighted by Crippen LogP contribution is -2.56. The molecule has 0 aliphatic carbocycles. The maximum atomic E-state index is 7.06. The van der Waals surface area contributed by atoms with Crippen molar-refractivity contribution in [3.63, 3.8) is 0 Å². The number of rotatable bonds is 4. The van der Waals surface area contributed by atoms with Gasteiger partial charge in [0.05, 0.1) is 5.60 Å². The molecule has 0 saturated carbocycles. The third-order valence-corrected chi connectivity index (χ3v) is 10.6. The molecule has 0 spiro atoms. The first-order valence-electron chi connectivity index (χ1n) is 8.70. The molecule has 0 N–H and O–H groups in total. The summed E-state index contributed by atoms with van der Waals surface area (Å²) < 4.78 is 7.06. The van der Waals surface area contributed by atoms with Gasteiger partial charge >= 0.3 is 0 Å². The Morgan fingerprint density at radius 1 is 1.33 bits per heavy atom. The van der Waals surface area contributed by atoms with Crippen LogP contribution in [0.4, 0.5) is 0 Å². The van der Waals surface area contributed by atoms with Crippen molar-refractivity contribution in [3.05, 3.63) is 12.7 Å². The molecule has 2 aliphatic heterocycles. The van der Waals surface area contributed by atoms with Crippen LogP contribution < -0.4 is 0 Å². The SMILES string of the molecule is C=CCC1(O[Si](C)(C)C(C)(C)C)CC(C)N2CCCCC21. The summed E-state index contributed by atoms with van der Waals surface area (Å²) in [6.45, 7) is 19.5. The van der Waals surface area contributed by atoms with Gasteiger partial charge in [0.2, 0.25) is 0 Å². The summed E-state index contributed by atoms with van der Waals surface area (Å²) in [6.07, 6.45) is 8.28. The lowest BCUT2D eigenvalue weighted by Gasteiger charge is -2.48. The molecule has 0 aromatic heterocycles. The maximum Gasteiger partial charge on any atom is 0.192 e. The van der Waals surface area contributed by atoms with E-state index in [9.17, 15) is 0 Å². The molecular weight excluding hydrogens is 274 g/mol. The van der Waals surface area contributed by atoms with Crippen molar-refractivity contribution in [2.45, 2.75) is 95.6 Å². The molecule has 2 heterocycles. The normalized spacial score (nSPS) is 34.8. The highest BCUT2D eigenvalue weighted by Crippen LogP contribution is 2.48. The third-order valence-electron chi connectivity index (χ3n) is 6.11. The standard InChI is InChI=1S/C18H35NOSi/c1-8-12-18(20-21(6,7)17(3,4)5)14-15(2)19-13-10-9-11-16(18)19/h8,15-16H,1,9-14H2,2-7H3. The second kappa shape index (κ2) is 5.82. The highest BCUT2D eigenvalue weighted by atomic mass is 28.4. The molecule has 2 fully saturated rings. The summed E-state index contributed by atoms with van der Waals surface area (Å²) in [7, 11) is -1.76. The minimum Gasteiger partial charge on any atom is -0.409 e. The van der Waals surface area contributed by atoms with Crippen LogP contribution in [0.5, 0.6) is 0 Å². The van der Waals surface area contributed by atoms with Gasteiger partial charge in [0.1, 0.15) is 0 Å². The van der Waals surface area contributed by atoms with Crippen LogP contribution in [0.3, 0.4) is 0 Å². The van der Waals surface area contributed by atoms with Crippen LogP contribution in [-0.2, 0) is 4.43 Å². The molecule has 0 aromatic rings. The van der Waals surface area contributed by atoms with Gasteiger partial charge < -0.3 is 4.43 Å². The second-order valence-corrected chi connectivity index (χ2v) is 13.4. The first-order valence-corrected chi connectivity index (χ1v) is 11.6. The summed E-state index contributed by atoms with van der Waals surface area (Å²) >= 11 is 0. The number of hydrogen-bond donors (Lipinski definition) is 0. The Bertz CT molecular complexity index is 387. The van der Waals surface area contributed by atoms with Gasteiger partial charge in [-0.15, -0.1) is 6.58 Å². The molecule has 0 bridgehead atoms. The van der Waals surface area contributed by atoms with Crippen molar-refractivity contribution < 1.29 is 4.43 Å². The molecule has 21 heavy (non-hydrogen) atoms. The first-order chi connectivity index (χ1) is 9.63. The number of fused-ring (bicyclic) bond motifs is 1. The largest absolute Gasteiger partial charge is 0.409 e. The van der Waals surface area contributed by atoms with E-state index < -0.39 is 8.32 Å². The predicted octanol–water partition coefficient (Wildman–Crippen LogP) is 4.97. The van der Waals surface area contributed by atoms with Crippen LogP contribution in [-0.4, -0.2) is 37.4 Å². The minimum absolute atomic E-state index is 0.0184. The van der Waals surface area contributed by atoms with Gasteiger partial charge in [0.25, 0.3) is 0 Å². The Morgan fingerprint density at radius 3 is 2.57 bits per heavy atom. The van der Waals surface area contributed by atoms with Gasteiger partial charge in [-0.1, -0.05) is 33.3 Å². The molecule has 3 atom stereocenters. The fourth-order valence-corrected chi connectivity index (χ4v) is 5.70. The Labute approximate surface area is 133 Å². The average Bonchev–Trinajstić information content (AvgIpc) is 2.62. The molecule has 122 valence electrons. The number of nitrogens with zero attached hydrogens (tertiary/aromatic N) is 1. The quantitative estimate of drug-likeness (QED) is 0.537. The molecule has 2 saturated heterocycles. The van der Waals surface area contributed by atoms with Gasteiger partial charge in [0.15, 0.2) is 8.32 Å². The topological polar surface area (TPSA) is 12.5 Å². The number of piperidine rings is 1. The fourth-order valence-electron chi connectivity index (χ4n) is 4.08. The maximum absolute atomic E-state index is 7.06. The van der Waals surface area contributed by atoms with Gasteiger partial charge in [-0.25, -0.2) is 0 Å². The van der Waals surface area contributed by atoms with Crippen LogP contribution in [0.25, 0.3) is 0 Å². The Kier molecular flexibility index (Phi) is 4.78. The van der Waals surface area contributed by atoms with Crippen molar-refractivity contribution >= 4 is 8.32 Å². The smallest absolute Gasteiger partial charge is 0.192 e. The van der Waals surface area contributed by atoms with Gasteiger partial charge in [0, 0.05) is 12.1 Å². The van der Waals surface area contributed by atoms with Crippen LogP contribution >= 0.6 is 0 Å².